The zero-order valence-corrected chi connectivity index (χ0v) is 14.9. The summed E-state index contributed by atoms with van der Waals surface area (Å²) in [5, 5.41) is 14.9. The second kappa shape index (κ2) is 7.76. The molecule has 0 radical (unpaired) electrons. The van der Waals surface area contributed by atoms with Crippen molar-refractivity contribution >= 4 is 51.3 Å². The second-order valence-corrected chi connectivity index (χ2v) is 8.01. The van der Waals surface area contributed by atoms with Crippen molar-refractivity contribution in [2.24, 2.45) is 0 Å². The third-order valence-corrected chi connectivity index (χ3v) is 5.82. The maximum absolute atomic E-state index is 11.9. The van der Waals surface area contributed by atoms with Gasteiger partial charge in [-0.3, -0.25) is 9.59 Å². The van der Waals surface area contributed by atoms with Crippen molar-refractivity contribution in [3.05, 3.63) is 24.3 Å². The fourth-order valence-electron chi connectivity index (χ4n) is 2.51. The van der Waals surface area contributed by atoms with Crippen LogP contribution in [0.2, 0.25) is 0 Å². The highest BCUT2D eigenvalue weighted by molar-refractivity contribution is 8.02. The number of nitrogens with zero attached hydrogens (tertiary/aromatic N) is 2. The Morgan fingerprint density at radius 2 is 2.12 bits per heavy atom. The predicted molar refractivity (Wildman–Crippen MR) is 97.1 cm³/mol. The number of Topliss-reactive ketones (excluding diaryl/α,β-unsaturated/α-hetero) is 1. The van der Waals surface area contributed by atoms with Crippen molar-refractivity contribution in [1.82, 2.24) is 10.2 Å². The molecule has 1 aliphatic rings. The van der Waals surface area contributed by atoms with Crippen LogP contribution < -0.4 is 10.6 Å². The molecule has 0 bridgehead atoms. The molecule has 0 aliphatic heterocycles. The largest absolute Gasteiger partial charge is 0.330 e. The van der Waals surface area contributed by atoms with Crippen molar-refractivity contribution in [1.29, 1.82) is 0 Å². The van der Waals surface area contributed by atoms with E-state index in [1.165, 1.54) is 30.0 Å². The van der Waals surface area contributed by atoms with E-state index in [9.17, 15) is 9.59 Å². The molecule has 1 aromatic carbocycles. The zero-order chi connectivity index (χ0) is 16.9. The molecule has 2 N–H and O–H groups in total. The quantitative estimate of drug-likeness (QED) is 0.841. The molecule has 1 fully saturated rings. The SMILES string of the molecule is CC(=O)Nc1cccc(Nc2nnc(S[C@H]3CCCCC3=O)s2)c1. The van der Waals surface area contributed by atoms with Gasteiger partial charge in [-0.15, -0.1) is 10.2 Å². The van der Waals surface area contributed by atoms with Crippen LogP contribution in [0.1, 0.15) is 32.6 Å². The molecule has 1 heterocycles. The molecule has 8 heteroatoms. The first-order valence-corrected chi connectivity index (χ1v) is 9.47. The molecule has 6 nitrogen and oxygen atoms in total. The minimum Gasteiger partial charge on any atom is -0.330 e. The van der Waals surface area contributed by atoms with Gasteiger partial charge in [-0.05, 0) is 31.0 Å². The van der Waals surface area contributed by atoms with Gasteiger partial charge in [-0.2, -0.15) is 0 Å². The number of hydrogen-bond donors (Lipinski definition) is 2. The minimum atomic E-state index is -0.112. The van der Waals surface area contributed by atoms with E-state index in [2.05, 4.69) is 20.8 Å². The van der Waals surface area contributed by atoms with Crippen LogP contribution in [0.25, 0.3) is 0 Å². The molecule has 24 heavy (non-hydrogen) atoms. The molecule has 126 valence electrons. The molecule has 1 saturated carbocycles. The van der Waals surface area contributed by atoms with Crippen LogP contribution in [-0.4, -0.2) is 27.1 Å². The number of carbonyl (C=O) groups excluding carboxylic acids is 2. The van der Waals surface area contributed by atoms with Gasteiger partial charge < -0.3 is 10.6 Å². The number of hydrogen-bond acceptors (Lipinski definition) is 7. The van der Waals surface area contributed by atoms with Crippen molar-refractivity contribution < 1.29 is 9.59 Å². The Kier molecular flexibility index (Phi) is 5.47. The monoisotopic (exact) mass is 362 g/mol. The maximum Gasteiger partial charge on any atom is 0.221 e. The Morgan fingerprint density at radius 3 is 2.92 bits per heavy atom. The molecule has 3 rings (SSSR count). The summed E-state index contributed by atoms with van der Waals surface area (Å²) in [5.41, 5.74) is 1.54. The molecule has 1 aromatic heterocycles. The Hall–Kier alpha value is -1.93. The number of anilines is 3. The molecular weight excluding hydrogens is 344 g/mol. The fraction of sp³-hybridized carbons (Fsp3) is 0.375. The summed E-state index contributed by atoms with van der Waals surface area (Å²) in [6.45, 7) is 1.47. The van der Waals surface area contributed by atoms with Crippen molar-refractivity contribution in [3.63, 3.8) is 0 Å². The van der Waals surface area contributed by atoms with Crippen molar-refractivity contribution in [2.75, 3.05) is 10.6 Å². The molecule has 2 aromatic rings. The molecule has 0 spiro atoms. The van der Waals surface area contributed by atoms with Gasteiger partial charge in [0.1, 0.15) is 5.78 Å². The Labute approximate surface area is 148 Å². The maximum atomic E-state index is 11.9. The van der Waals surface area contributed by atoms with Crippen LogP contribution >= 0.6 is 23.1 Å². The Morgan fingerprint density at radius 1 is 1.29 bits per heavy atom. The standard InChI is InChI=1S/C16H18N4O2S2/c1-10(21)17-11-5-4-6-12(9-11)18-15-19-20-16(24-15)23-14-8-3-2-7-13(14)22/h4-6,9,14H,2-3,7-8H2,1H3,(H,17,21)(H,18,19)/t14-/m0/s1. The summed E-state index contributed by atoms with van der Waals surface area (Å²) >= 11 is 2.95. The number of carbonyl (C=O) groups is 2. The van der Waals surface area contributed by atoms with Gasteiger partial charge in [0, 0.05) is 24.7 Å². The lowest BCUT2D eigenvalue weighted by Gasteiger charge is -2.17. The van der Waals surface area contributed by atoms with E-state index in [-0.39, 0.29) is 11.2 Å². The lowest BCUT2D eigenvalue weighted by Crippen LogP contribution is -2.21. The molecular formula is C16H18N4O2S2. The summed E-state index contributed by atoms with van der Waals surface area (Å²) in [6, 6.07) is 7.40. The fourth-order valence-corrected chi connectivity index (χ4v) is 4.65. The summed E-state index contributed by atoms with van der Waals surface area (Å²) in [4.78, 5) is 23.0. The van der Waals surface area contributed by atoms with E-state index in [4.69, 9.17) is 0 Å². The second-order valence-electron chi connectivity index (χ2n) is 5.58. The minimum absolute atomic E-state index is 0.0163. The first-order valence-electron chi connectivity index (χ1n) is 7.78. The zero-order valence-electron chi connectivity index (χ0n) is 13.2. The predicted octanol–water partition coefficient (Wildman–Crippen LogP) is 3.84. The van der Waals surface area contributed by atoms with E-state index in [0.717, 1.165) is 35.0 Å². The van der Waals surface area contributed by atoms with Crippen LogP contribution in [0, 0.1) is 0 Å². The molecule has 0 saturated heterocycles. The summed E-state index contributed by atoms with van der Waals surface area (Å²) in [6.07, 6.45) is 3.70. The van der Waals surface area contributed by atoms with Gasteiger partial charge >= 0.3 is 0 Å². The number of benzene rings is 1. The smallest absolute Gasteiger partial charge is 0.221 e. The van der Waals surface area contributed by atoms with Crippen LogP contribution in [0.3, 0.4) is 0 Å². The van der Waals surface area contributed by atoms with E-state index >= 15 is 0 Å². The average molecular weight is 362 g/mol. The summed E-state index contributed by atoms with van der Waals surface area (Å²) in [7, 11) is 0. The van der Waals surface area contributed by atoms with Gasteiger partial charge in [0.25, 0.3) is 0 Å². The van der Waals surface area contributed by atoms with Crippen LogP contribution in [0.5, 0.6) is 0 Å². The first-order chi connectivity index (χ1) is 11.6. The number of thioether (sulfide) groups is 1. The number of nitrogens with one attached hydrogen (secondary N) is 2. The lowest BCUT2D eigenvalue weighted by molar-refractivity contribution is -0.119. The van der Waals surface area contributed by atoms with Crippen LogP contribution in [-0.2, 0) is 9.59 Å². The highest BCUT2D eigenvalue weighted by Crippen LogP contribution is 2.35. The number of amides is 1. The molecule has 1 amide bonds. The normalized spacial score (nSPS) is 17.5. The van der Waals surface area contributed by atoms with Crippen LogP contribution in [0.4, 0.5) is 16.5 Å². The topological polar surface area (TPSA) is 84.0 Å². The molecule has 1 atom stereocenters. The first kappa shape index (κ1) is 16.9. The van der Waals surface area contributed by atoms with Gasteiger partial charge in [-0.1, -0.05) is 35.6 Å². The third-order valence-electron chi connectivity index (χ3n) is 3.58. The molecule has 1 aliphatic carbocycles. The number of rotatable bonds is 5. The molecule has 0 unspecified atom stereocenters. The summed E-state index contributed by atoms with van der Waals surface area (Å²) < 4.78 is 0.802. The van der Waals surface area contributed by atoms with Crippen LogP contribution in [0.15, 0.2) is 28.6 Å². The van der Waals surface area contributed by atoms with Crippen molar-refractivity contribution in [2.45, 2.75) is 42.2 Å². The highest BCUT2D eigenvalue weighted by Gasteiger charge is 2.24. The van der Waals surface area contributed by atoms with Crippen molar-refractivity contribution in [3.8, 4) is 0 Å². The van der Waals surface area contributed by atoms with E-state index in [1.807, 2.05) is 24.3 Å². The number of aromatic nitrogens is 2. The number of ketones is 1. The van der Waals surface area contributed by atoms with Gasteiger partial charge in [0.2, 0.25) is 11.0 Å². The lowest BCUT2D eigenvalue weighted by atomic mass is 9.99. The van der Waals surface area contributed by atoms with E-state index in [1.54, 1.807) is 0 Å². The van der Waals surface area contributed by atoms with E-state index < -0.39 is 0 Å². The highest BCUT2D eigenvalue weighted by atomic mass is 32.2. The Bertz CT molecular complexity index is 747. The van der Waals surface area contributed by atoms with E-state index in [0.29, 0.717) is 17.3 Å². The van der Waals surface area contributed by atoms with Gasteiger partial charge in [0.05, 0.1) is 5.25 Å². The third kappa shape index (κ3) is 4.55. The van der Waals surface area contributed by atoms with Gasteiger partial charge in [0.15, 0.2) is 4.34 Å². The van der Waals surface area contributed by atoms with Gasteiger partial charge in [-0.25, -0.2) is 0 Å². The Balaban J connectivity index is 1.63. The summed E-state index contributed by atoms with van der Waals surface area (Å²) in [5.74, 6) is 0.206. The average Bonchev–Trinajstić information content (AvgIpc) is 2.96.